The maximum absolute atomic E-state index is 12.5. The number of nitrogens with one attached hydrogen (secondary N) is 2. The first-order chi connectivity index (χ1) is 14.8. The summed E-state index contributed by atoms with van der Waals surface area (Å²) in [4.78, 5) is 16.8. The van der Waals surface area contributed by atoms with Crippen molar-refractivity contribution in [1.82, 2.24) is 4.98 Å². The van der Waals surface area contributed by atoms with Crippen molar-refractivity contribution in [2.45, 2.75) is 37.5 Å². The minimum atomic E-state index is -3.75. The Morgan fingerprint density at radius 3 is 2.52 bits per heavy atom. The van der Waals surface area contributed by atoms with Gasteiger partial charge in [-0.3, -0.25) is 9.52 Å². The Hall–Kier alpha value is -2.91. The van der Waals surface area contributed by atoms with Crippen LogP contribution in [0.1, 0.15) is 37.4 Å². The molecule has 0 spiro atoms. The van der Waals surface area contributed by atoms with Gasteiger partial charge in [-0.15, -0.1) is 11.3 Å². The lowest BCUT2D eigenvalue weighted by atomic mass is 10.0. The number of amides is 1. The largest absolute Gasteiger partial charge is 0.497 e. The Bertz CT molecular complexity index is 1140. The number of carbonyl (C=O) groups excluding carboxylic acids is 1. The molecule has 0 atom stereocenters. The molecule has 164 valence electrons. The molecule has 0 aliphatic heterocycles. The molecule has 7 nitrogen and oxygen atoms in total. The number of aryl methyl sites for hydroxylation is 1. The minimum absolute atomic E-state index is 0.110. The number of rotatable bonds is 9. The van der Waals surface area contributed by atoms with Gasteiger partial charge in [0.25, 0.3) is 10.0 Å². The van der Waals surface area contributed by atoms with Crippen LogP contribution >= 0.6 is 11.3 Å². The molecule has 0 fully saturated rings. The lowest BCUT2D eigenvalue weighted by Gasteiger charge is -2.13. The van der Waals surface area contributed by atoms with E-state index >= 15 is 0 Å². The molecule has 31 heavy (non-hydrogen) atoms. The zero-order valence-corrected chi connectivity index (χ0v) is 19.2. The van der Waals surface area contributed by atoms with Crippen LogP contribution in [0.2, 0.25) is 0 Å². The number of sulfonamides is 1. The molecule has 0 radical (unpaired) electrons. The van der Waals surface area contributed by atoms with E-state index in [2.05, 4.69) is 28.9 Å². The molecule has 1 amide bonds. The number of ether oxygens (including phenoxy) is 1. The van der Waals surface area contributed by atoms with Gasteiger partial charge in [-0.2, -0.15) is 0 Å². The van der Waals surface area contributed by atoms with Crippen LogP contribution in [-0.2, 0) is 21.2 Å². The summed E-state index contributed by atoms with van der Waals surface area (Å²) < 4.78 is 32.6. The third-order valence-corrected chi connectivity index (χ3v) is 6.90. The van der Waals surface area contributed by atoms with E-state index in [0.29, 0.717) is 23.8 Å². The summed E-state index contributed by atoms with van der Waals surface area (Å²) in [6, 6.07) is 13.8. The standard InChI is InChI=1S/C22H25N3O4S2/c1-15(2)19-6-4-5-7-20(19)24-21(26)13-8-16-14-30-22(23-16)25-31(27,28)18-11-9-17(29-3)10-12-18/h4-7,9-12,14-15H,8,13H2,1-3H3,(H,23,25)(H,24,26). The number of aromatic nitrogens is 1. The quantitative estimate of drug-likeness (QED) is 0.486. The summed E-state index contributed by atoms with van der Waals surface area (Å²) in [5.74, 6) is 0.766. The van der Waals surface area contributed by atoms with Crippen molar-refractivity contribution in [2.24, 2.45) is 0 Å². The van der Waals surface area contributed by atoms with Gasteiger partial charge < -0.3 is 10.1 Å². The number of anilines is 2. The van der Waals surface area contributed by atoms with Crippen LogP contribution in [0.15, 0.2) is 58.8 Å². The first-order valence-corrected chi connectivity index (χ1v) is 12.1. The number of carbonyl (C=O) groups is 1. The molecule has 0 aliphatic rings. The number of hydrogen-bond donors (Lipinski definition) is 2. The highest BCUT2D eigenvalue weighted by molar-refractivity contribution is 7.93. The maximum atomic E-state index is 12.5. The summed E-state index contributed by atoms with van der Waals surface area (Å²) in [6.07, 6.45) is 0.664. The maximum Gasteiger partial charge on any atom is 0.263 e. The predicted molar refractivity (Wildman–Crippen MR) is 123 cm³/mol. The lowest BCUT2D eigenvalue weighted by Crippen LogP contribution is -2.14. The minimum Gasteiger partial charge on any atom is -0.497 e. The smallest absolute Gasteiger partial charge is 0.263 e. The van der Waals surface area contributed by atoms with Gasteiger partial charge in [0, 0.05) is 17.5 Å². The van der Waals surface area contributed by atoms with Crippen LogP contribution in [0, 0.1) is 0 Å². The van der Waals surface area contributed by atoms with Gasteiger partial charge in [0.15, 0.2) is 5.13 Å². The number of nitrogens with zero attached hydrogens (tertiary/aromatic N) is 1. The van der Waals surface area contributed by atoms with E-state index in [1.165, 1.54) is 30.6 Å². The van der Waals surface area contributed by atoms with Gasteiger partial charge in [0.2, 0.25) is 5.91 Å². The van der Waals surface area contributed by atoms with E-state index < -0.39 is 10.0 Å². The molecule has 1 heterocycles. The average Bonchev–Trinajstić information content (AvgIpc) is 3.19. The third kappa shape index (κ3) is 6.05. The second kappa shape index (κ2) is 9.93. The summed E-state index contributed by atoms with van der Waals surface area (Å²) in [6.45, 7) is 4.16. The highest BCUT2D eigenvalue weighted by Gasteiger charge is 2.17. The molecule has 2 aromatic carbocycles. The Balaban J connectivity index is 1.58. The van der Waals surface area contributed by atoms with E-state index in [4.69, 9.17) is 4.74 Å². The van der Waals surface area contributed by atoms with Crippen molar-refractivity contribution in [3.05, 3.63) is 65.2 Å². The summed E-state index contributed by atoms with van der Waals surface area (Å²) in [5.41, 5.74) is 2.55. The van der Waals surface area contributed by atoms with Crippen molar-refractivity contribution in [1.29, 1.82) is 0 Å². The number of methoxy groups -OCH3 is 1. The number of thiazole rings is 1. The van der Waals surface area contributed by atoms with Crippen LogP contribution in [0.4, 0.5) is 10.8 Å². The molecule has 0 aliphatic carbocycles. The van der Waals surface area contributed by atoms with Crippen LogP contribution in [0.3, 0.4) is 0 Å². The molecule has 3 rings (SSSR count). The zero-order valence-electron chi connectivity index (χ0n) is 17.6. The SMILES string of the molecule is COc1ccc(S(=O)(=O)Nc2nc(CCC(=O)Nc3ccccc3C(C)C)cs2)cc1. The summed E-state index contributed by atoms with van der Waals surface area (Å²) >= 11 is 1.18. The van der Waals surface area contributed by atoms with Crippen molar-refractivity contribution in [2.75, 3.05) is 17.1 Å². The molecule has 0 bridgehead atoms. The Kier molecular flexibility index (Phi) is 7.29. The topological polar surface area (TPSA) is 97.4 Å². The second-order valence-electron chi connectivity index (χ2n) is 7.22. The monoisotopic (exact) mass is 459 g/mol. The van der Waals surface area contributed by atoms with Crippen LogP contribution in [0.5, 0.6) is 5.75 Å². The van der Waals surface area contributed by atoms with E-state index in [-0.39, 0.29) is 22.4 Å². The van der Waals surface area contributed by atoms with Gasteiger partial charge in [-0.1, -0.05) is 32.0 Å². The molecule has 3 aromatic rings. The Labute approximate surface area is 186 Å². The van der Waals surface area contributed by atoms with E-state index in [9.17, 15) is 13.2 Å². The van der Waals surface area contributed by atoms with E-state index in [1.54, 1.807) is 17.5 Å². The molecule has 0 unspecified atom stereocenters. The molecular formula is C22H25N3O4S2. The predicted octanol–water partition coefficient (Wildman–Crippen LogP) is 4.65. The first-order valence-electron chi connectivity index (χ1n) is 9.78. The van der Waals surface area contributed by atoms with Crippen molar-refractivity contribution < 1.29 is 17.9 Å². The van der Waals surface area contributed by atoms with Gasteiger partial charge in [0.05, 0.1) is 17.7 Å². The molecule has 2 N–H and O–H groups in total. The molecule has 9 heteroatoms. The summed E-state index contributed by atoms with van der Waals surface area (Å²) in [5, 5.41) is 4.96. The lowest BCUT2D eigenvalue weighted by molar-refractivity contribution is -0.116. The molecular weight excluding hydrogens is 434 g/mol. The average molecular weight is 460 g/mol. The molecule has 1 aromatic heterocycles. The van der Waals surface area contributed by atoms with Crippen LogP contribution < -0.4 is 14.8 Å². The van der Waals surface area contributed by atoms with Crippen molar-refractivity contribution in [3.8, 4) is 5.75 Å². The fourth-order valence-corrected chi connectivity index (χ4v) is 4.96. The van der Waals surface area contributed by atoms with Crippen molar-refractivity contribution in [3.63, 3.8) is 0 Å². The van der Waals surface area contributed by atoms with E-state index in [1.807, 2.05) is 24.3 Å². The highest BCUT2D eigenvalue weighted by atomic mass is 32.2. The number of para-hydroxylation sites is 1. The van der Waals surface area contributed by atoms with Gasteiger partial charge in [0.1, 0.15) is 5.75 Å². The number of hydrogen-bond acceptors (Lipinski definition) is 6. The Morgan fingerprint density at radius 1 is 1.13 bits per heavy atom. The van der Waals surface area contributed by atoms with Gasteiger partial charge in [-0.25, -0.2) is 13.4 Å². The number of benzene rings is 2. The van der Waals surface area contributed by atoms with E-state index in [0.717, 1.165) is 11.3 Å². The van der Waals surface area contributed by atoms with Crippen molar-refractivity contribution >= 4 is 38.1 Å². The Morgan fingerprint density at radius 2 is 1.84 bits per heavy atom. The first kappa shape index (κ1) is 22.8. The molecule has 0 saturated carbocycles. The summed E-state index contributed by atoms with van der Waals surface area (Å²) in [7, 11) is -2.23. The van der Waals surface area contributed by atoms with Gasteiger partial charge in [-0.05, 0) is 48.2 Å². The molecule has 0 saturated heterocycles. The fourth-order valence-electron chi connectivity index (χ4n) is 2.97. The normalized spacial score (nSPS) is 11.4. The highest BCUT2D eigenvalue weighted by Crippen LogP contribution is 2.25. The van der Waals surface area contributed by atoms with Crippen LogP contribution in [-0.4, -0.2) is 26.4 Å². The zero-order chi connectivity index (χ0) is 22.4. The van der Waals surface area contributed by atoms with Gasteiger partial charge >= 0.3 is 0 Å². The second-order valence-corrected chi connectivity index (χ2v) is 9.76. The fraction of sp³-hybridized carbons (Fsp3) is 0.273. The third-order valence-electron chi connectivity index (χ3n) is 4.61. The van der Waals surface area contributed by atoms with Crippen LogP contribution in [0.25, 0.3) is 0 Å².